The Morgan fingerprint density at radius 1 is 0.875 bits per heavy atom. The first kappa shape index (κ1) is 16.6. The maximum Gasteiger partial charge on any atom is 0.183 e. The number of rotatable bonds is 5. The van der Waals surface area contributed by atoms with Crippen LogP contribution in [0.5, 0.6) is 0 Å². The van der Waals surface area contributed by atoms with Crippen LogP contribution in [0.2, 0.25) is 5.02 Å². The van der Waals surface area contributed by atoms with E-state index in [1.807, 2.05) is 78.9 Å². The summed E-state index contributed by atoms with van der Waals surface area (Å²) in [6, 6.07) is 25.3. The monoisotopic (exact) mass is 353 g/mol. The molecular weight excluding hydrogens is 338 g/mol. The van der Waals surface area contributed by atoms with Gasteiger partial charge < -0.3 is 5.21 Å². The Kier molecular flexibility index (Phi) is 5.57. The molecule has 0 N–H and O–H groups in total. The standard InChI is InChI=1S/C20H16ClNOS/c21-18-10-12-19(13-11-18)24-20-9-5-4-8-17(20)15-22(23)14-16-6-2-1-3-7-16/h1-13,15H,14H2/b22-15-. The summed E-state index contributed by atoms with van der Waals surface area (Å²) in [6.45, 7) is 0.334. The lowest BCUT2D eigenvalue weighted by atomic mass is 10.2. The quantitative estimate of drug-likeness (QED) is 0.257. The van der Waals surface area contributed by atoms with E-state index in [2.05, 4.69) is 0 Å². The summed E-state index contributed by atoms with van der Waals surface area (Å²) >= 11 is 7.54. The third-order valence-corrected chi connectivity index (χ3v) is 4.78. The molecule has 2 nitrogen and oxygen atoms in total. The van der Waals surface area contributed by atoms with Gasteiger partial charge in [0.05, 0.1) is 5.56 Å². The maximum atomic E-state index is 12.3. The van der Waals surface area contributed by atoms with Gasteiger partial charge in [-0.3, -0.25) is 0 Å². The van der Waals surface area contributed by atoms with Crippen LogP contribution >= 0.6 is 23.4 Å². The van der Waals surface area contributed by atoms with Crippen LogP contribution in [0.4, 0.5) is 0 Å². The molecule has 0 atom stereocenters. The highest BCUT2D eigenvalue weighted by atomic mass is 35.5. The number of hydrogen-bond donors (Lipinski definition) is 0. The fraction of sp³-hybridized carbons (Fsp3) is 0.0500. The average Bonchev–Trinajstić information content (AvgIpc) is 2.59. The Labute approximate surface area is 151 Å². The summed E-state index contributed by atoms with van der Waals surface area (Å²) in [5.74, 6) is 0. The molecule has 0 aliphatic heterocycles. The van der Waals surface area contributed by atoms with Crippen molar-refractivity contribution in [2.24, 2.45) is 0 Å². The summed E-state index contributed by atoms with van der Waals surface area (Å²) in [6.07, 6.45) is 1.64. The highest BCUT2D eigenvalue weighted by Gasteiger charge is 2.06. The van der Waals surface area contributed by atoms with Gasteiger partial charge in [0, 0.05) is 20.4 Å². The molecule has 3 aromatic rings. The molecule has 0 saturated carbocycles. The molecule has 0 saturated heterocycles. The van der Waals surface area contributed by atoms with Crippen molar-refractivity contribution < 1.29 is 4.74 Å². The summed E-state index contributed by atoms with van der Waals surface area (Å²) in [5.41, 5.74) is 1.90. The number of hydrogen-bond acceptors (Lipinski definition) is 2. The van der Waals surface area contributed by atoms with E-state index in [1.165, 1.54) is 0 Å². The van der Waals surface area contributed by atoms with Crippen molar-refractivity contribution >= 4 is 29.6 Å². The van der Waals surface area contributed by atoms with Gasteiger partial charge in [0.15, 0.2) is 12.8 Å². The molecule has 4 heteroatoms. The molecule has 0 radical (unpaired) electrons. The van der Waals surface area contributed by atoms with Gasteiger partial charge in [-0.2, -0.15) is 0 Å². The van der Waals surface area contributed by atoms with E-state index >= 15 is 0 Å². The predicted octanol–water partition coefficient (Wildman–Crippen LogP) is 5.62. The van der Waals surface area contributed by atoms with Crippen LogP contribution in [-0.4, -0.2) is 11.0 Å². The van der Waals surface area contributed by atoms with E-state index in [9.17, 15) is 5.21 Å². The first-order valence-electron chi connectivity index (χ1n) is 7.56. The van der Waals surface area contributed by atoms with Crippen LogP contribution in [-0.2, 0) is 6.54 Å². The Morgan fingerprint density at radius 2 is 1.54 bits per heavy atom. The van der Waals surface area contributed by atoms with Crippen molar-refractivity contribution in [3.8, 4) is 0 Å². The van der Waals surface area contributed by atoms with E-state index < -0.39 is 0 Å². The zero-order valence-corrected chi connectivity index (χ0v) is 14.5. The van der Waals surface area contributed by atoms with E-state index in [0.717, 1.165) is 25.7 Å². The average molecular weight is 354 g/mol. The molecule has 0 aliphatic rings. The van der Waals surface area contributed by atoms with Crippen LogP contribution in [0, 0.1) is 5.21 Å². The van der Waals surface area contributed by atoms with Gasteiger partial charge >= 0.3 is 0 Å². The fourth-order valence-electron chi connectivity index (χ4n) is 2.27. The normalized spacial score (nSPS) is 11.5. The second-order valence-corrected chi connectivity index (χ2v) is 6.84. The minimum atomic E-state index is 0.334. The molecule has 0 fully saturated rings. The molecule has 3 aromatic carbocycles. The highest BCUT2D eigenvalue weighted by Crippen LogP contribution is 2.30. The zero-order valence-electron chi connectivity index (χ0n) is 12.9. The van der Waals surface area contributed by atoms with E-state index in [1.54, 1.807) is 18.0 Å². The van der Waals surface area contributed by atoms with Gasteiger partial charge in [0.1, 0.15) is 0 Å². The van der Waals surface area contributed by atoms with E-state index in [0.29, 0.717) is 11.6 Å². The van der Waals surface area contributed by atoms with Crippen LogP contribution in [0.1, 0.15) is 11.1 Å². The highest BCUT2D eigenvalue weighted by molar-refractivity contribution is 7.99. The summed E-state index contributed by atoms with van der Waals surface area (Å²) < 4.78 is 0.969. The topological polar surface area (TPSA) is 26.1 Å². The molecule has 0 bridgehead atoms. The smallest absolute Gasteiger partial charge is 0.183 e. The SMILES string of the molecule is [O-]/[N+](=C\c1ccccc1Sc1ccc(Cl)cc1)Cc1ccccc1. The largest absolute Gasteiger partial charge is 0.624 e. The number of hydroxylamine groups is 1. The molecule has 0 unspecified atom stereocenters. The Morgan fingerprint density at radius 3 is 2.29 bits per heavy atom. The summed E-state index contributed by atoms with van der Waals surface area (Å²) in [7, 11) is 0. The lowest BCUT2D eigenvalue weighted by Gasteiger charge is -2.07. The van der Waals surface area contributed by atoms with Crippen molar-refractivity contribution in [1.29, 1.82) is 0 Å². The minimum absolute atomic E-state index is 0.334. The molecule has 0 amide bonds. The molecule has 24 heavy (non-hydrogen) atoms. The van der Waals surface area contributed by atoms with E-state index in [4.69, 9.17) is 11.6 Å². The van der Waals surface area contributed by atoms with Gasteiger partial charge in [0.25, 0.3) is 0 Å². The van der Waals surface area contributed by atoms with Crippen molar-refractivity contribution in [1.82, 2.24) is 0 Å². The Hall–Kier alpha value is -2.23. The van der Waals surface area contributed by atoms with Gasteiger partial charge in [-0.25, -0.2) is 4.74 Å². The second-order valence-electron chi connectivity index (χ2n) is 5.28. The Bertz CT molecular complexity index is 832. The molecular formula is C20H16ClNOS. The first-order valence-corrected chi connectivity index (χ1v) is 8.75. The predicted molar refractivity (Wildman–Crippen MR) is 101 cm³/mol. The number of nitrogens with zero attached hydrogens (tertiary/aromatic N) is 1. The lowest BCUT2D eigenvalue weighted by molar-refractivity contribution is -0.469. The van der Waals surface area contributed by atoms with Crippen LogP contribution in [0.3, 0.4) is 0 Å². The maximum absolute atomic E-state index is 12.3. The Balaban J connectivity index is 1.80. The van der Waals surface area contributed by atoms with Crippen LogP contribution < -0.4 is 0 Å². The molecule has 0 aliphatic carbocycles. The van der Waals surface area contributed by atoms with Crippen molar-refractivity contribution in [3.63, 3.8) is 0 Å². The summed E-state index contributed by atoms with van der Waals surface area (Å²) in [4.78, 5) is 2.12. The lowest BCUT2D eigenvalue weighted by Crippen LogP contribution is -2.06. The third-order valence-electron chi connectivity index (χ3n) is 3.42. The van der Waals surface area contributed by atoms with Crippen molar-refractivity contribution in [3.05, 3.63) is 100 Å². The minimum Gasteiger partial charge on any atom is -0.624 e. The molecule has 0 aromatic heterocycles. The molecule has 3 rings (SSSR count). The van der Waals surface area contributed by atoms with Gasteiger partial charge in [-0.1, -0.05) is 65.8 Å². The number of benzene rings is 3. The molecule has 0 heterocycles. The van der Waals surface area contributed by atoms with Gasteiger partial charge in [-0.15, -0.1) is 0 Å². The molecule has 0 spiro atoms. The van der Waals surface area contributed by atoms with Crippen molar-refractivity contribution in [2.45, 2.75) is 16.3 Å². The first-order chi connectivity index (χ1) is 11.7. The van der Waals surface area contributed by atoms with Crippen LogP contribution in [0.25, 0.3) is 0 Å². The fourth-order valence-corrected chi connectivity index (χ4v) is 3.31. The third kappa shape index (κ3) is 4.63. The van der Waals surface area contributed by atoms with Crippen LogP contribution in [0.15, 0.2) is 88.7 Å². The van der Waals surface area contributed by atoms with Gasteiger partial charge in [0.2, 0.25) is 0 Å². The van der Waals surface area contributed by atoms with Gasteiger partial charge in [-0.05, 0) is 36.4 Å². The summed E-state index contributed by atoms with van der Waals surface area (Å²) in [5, 5.41) is 13.0. The van der Waals surface area contributed by atoms with Crippen molar-refractivity contribution in [2.75, 3.05) is 0 Å². The van der Waals surface area contributed by atoms with E-state index in [-0.39, 0.29) is 0 Å². The second kappa shape index (κ2) is 8.04. The zero-order chi connectivity index (χ0) is 16.8. The molecule has 120 valence electrons. The number of halogens is 1.